The van der Waals surface area contributed by atoms with Crippen LogP contribution in [0.25, 0.3) is 0 Å². The third kappa shape index (κ3) is 5.61. The fraction of sp³-hybridized carbons (Fsp3) is 0.529. The molecule has 0 aliphatic carbocycles. The molecule has 8 nitrogen and oxygen atoms in total. The molecule has 25 heavy (non-hydrogen) atoms. The molecule has 0 atom stereocenters. The molecule has 1 saturated heterocycles. The molecule has 1 fully saturated rings. The second-order valence-corrected chi connectivity index (χ2v) is 6.03. The van der Waals surface area contributed by atoms with Crippen LogP contribution in [-0.4, -0.2) is 70.4 Å². The quantitative estimate of drug-likeness (QED) is 0.720. The highest BCUT2D eigenvalue weighted by Gasteiger charge is 2.13. The standard InChI is InChI=1S/C17H24N6O2/c24-17(18-7-9-22-10-12-25-13-11-22)14-16-19-20-21-23(16)8-6-15-4-2-1-3-5-15/h1-5H,6-14H2,(H,18,24). The molecule has 0 radical (unpaired) electrons. The summed E-state index contributed by atoms with van der Waals surface area (Å²) in [5.41, 5.74) is 1.22. The number of morpholine rings is 1. The maximum absolute atomic E-state index is 12.1. The number of hydrogen-bond acceptors (Lipinski definition) is 6. The highest BCUT2D eigenvalue weighted by Crippen LogP contribution is 2.03. The first kappa shape index (κ1) is 17.5. The molecule has 1 aromatic heterocycles. The van der Waals surface area contributed by atoms with Gasteiger partial charge in [-0.05, 0) is 22.4 Å². The maximum Gasteiger partial charge on any atom is 0.227 e. The third-order valence-corrected chi connectivity index (χ3v) is 4.23. The van der Waals surface area contributed by atoms with Gasteiger partial charge in [0.15, 0.2) is 5.82 Å². The van der Waals surface area contributed by atoms with Crippen LogP contribution in [0.3, 0.4) is 0 Å². The number of carbonyl (C=O) groups is 1. The molecule has 3 rings (SSSR count). The summed E-state index contributed by atoms with van der Waals surface area (Å²) >= 11 is 0. The van der Waals surface area contributed by atoms with Gasteiger partial charge in [-0.3, -0.25) is 9.69 Å². The monoisotopic (exact) mass is 344 g/mol. The molecule has 1 aliphatic rings. The zero-order valence-electron chi connectivity index (χ0n) is 14.3. The van der Waals surface area contributed by atoms with E-state index in [1.54, 1.807) is 4.68 Å². The van der Waals surface area contributed by atoms with Gasteiger partial charge in [-0.1, -0.05) is 30.3 Å². The number of carbonyl (C=O) groups excluding carboxylic acids is 1. The predicted molar refractivity (Wildman–Crippen MR) is 91.9 cm³/mol. The Balaban J connectivity index is 1.41. The van der Waals surface area contributed by atoms with Crippen molar-refractivity contribution in [2.75, 3.05) is 39.4 Å². The van der Waals surface area contributed by atoms with E-state index >= 15 is 0 Å². The van der Waals surface area contributed by atoms with Gasteiger partial charge in [0, 0.05) is 32.7 Å². The molecule has 1 aliphatic heterocycles. The van der Waals surface area contributed by atoms with Gasteiger partial charge < -0.3 is 10.1 Å². The smallest absolute Gasteiger partial charge is 0.227 e. The van der Waals surface area contributed by atoms with Crippen LogP contribution < -0.4 is 5.32 Å². The van der Waals surface area contributed by atoms with Crippen molar-refractivity contribution in [3.05, 3.63) is 41.7 Å². The first-order chi connectivity index (χ1) is 12.3. The number of amides is 1. The highest BCUT2D eigenvalue weighted by molar-refractivity contribution is 5.77. The number of rotatable bonds is 8. The number of tetrazole rings is 1. The number of aryl methyl sites for hydroxylation is 2. The Morgan fingerprint density at radius 1 is 1.16 bits per heavy atom. The van der Waals surface area contributed by atoms with Crippen LogP contribution >= 0.6 is 0 Å². The normalized spacial score (nSPS) is 15.2. The van der Waals surface area contributed by atoms with E-state index in [1.165, 1.54) is 5.56 Å². The minimum atomic E-state index is -0.0518. The van der Waals surface area contributed by atoms with Crippen molar-refractivity contribution in [1.82, 2.24) is 30.4 Å². The fourth-order valence-corrected chi connectivity index (χ4v) is 2.79. The van der Waals surface area contributed by atoms with E-state index < -0.39 is 0 Å². The van der Waals surface area contributed by atoms with Gasteiger partial charge >= 0.3 is 0 Å². The van der Waals surface area contributed by atoms with Crippen LogP contribution in [0.15, 0.2) is 30.3 Å². The molecular weight excluding hydrogens is 320 g/mol. The van der Waals surface area contributed by atoms with Crippen molar-refractivity contribution < 1.29 is 9.53 Å². The first-order valence-electron chi connectivity index (χ1n) is 8.67. The Hall–Kier alpha value is -2.32. The van der Waals surface area contributed by atoms with Crippen molar-refractivity contribution in [2.24, 2.45) is 0 Å². The minimum Gasteiger partial charge on any atom is -0.379 e. The van der Waals surface area contributed by atoms with Gasteiger partial charge in [0.2, 0.25) is 5.91 Å². The fourth-order valence-electron chi connectivity index (χ4n) is 2.79. The Labute approximate surface area is 147 Å². The van der Waals surface area contributed by atoms with Crippen molar-refractivity contribution in [3.8, 4) is 0 Å². The molecule has 0 unspecified atom stereocenters. The van der Waals surface area contributed by atoms with E-state index in [2.05, 4.69) is 37.9 Å². The van der Waals surface area contributed by atoms with E-state index in [0.717, 1.165) is 39.3 Å². The summed E-state index contributed by atoms with van der Waals surface area (Å²) in [6, 6.07) is 10.2. The highest BCUT2D eigenvalue weighted by atomic mass is 16.5. The average molecular weight is 344 g/mol. The summed E-state index contributed by atoms with van der Waals surface area (Å²) in [6.45, 7) is 5.52. The predicted octanol–water partition coefficient (Wildman–Crippen LogP) is -0.0933. The number of benzene rings is 1. The molecule has 0 saturated carbocycles. The zero-order valence-corrected chi connectivity index (χ0v) is 14.3. The number of aromatic nitrogens is 4. The molecule has 1 amide bonds. The lowest BCUT2D eigenvalue weighted by Gasteiger charge is -2.26. The summed E-state index contributed by atoms with van der Waals surface area (Å²) < 4.78 is 7.01. The topological polar surface area (TPSA) is 85.2 Å². The van der Waals surface area contributed by atoms with Crippen LogP contribution in [-0.2, 0) is 28.9 Å². The molecular formula is C17H24N6O2. The summed E-state index contributed by atoms with van der Waals surface area (Å²) in [6.07, 6.45) is 1.03. The summed E-state index contributed by atoms with van der Waals surface area (Å²) in [5.74, 6) is 0.545. The number of nitrogens with one attached hydrogen (secondary N) is 1. The van der Waals surface area contributed by atoms with Crippen LogP contribution in [0.4, 0.5) is 0 Å². The number of hydrogen-bond donors (Lipinski definition) is 1. The third-order valence-electron chi connectivity index (χ3n) is 4.23. The first-order valence-corrected chi connectivity index (χ1v) is 8.67. The molecule has 0 bridgehead atoms. The van der Waals surface area contributed by atoms with Crippen LogP contribution in [0.5, 0.6) is 0 Å². The Kier molecular flexibility index (Phi) is 6.47. The second kappa shape index (κ2) is 9.24. The Bertz CT molecular complexity index is 654. The SMILES string of the molecule is O=C(Cc1nnnn1CCc1ccccc1)NCCN1CCOCC1. The summed E-state index contributed by atoms with van der Waals surface area (Å²) in [5, 5.41) is 14.6. The van der Waals surface area contributed by atoms with E-state index in [-0.39, 0.29) is 12.3 Å². The molecule has 0 spiro atoms. The summed E-state index contributed by atoms with van der Waals surface area (Å²) in [4.78, 5) is 14.4. The molecule has 2 aromatic rings. The van der Waals surface area contributed by atoms with Gasteiger partial charge in [0.05, 0.1) is 19.6 Å². The van der Waals surface area contributed by atoms with Gasteiger partial charge in [-0.15, -0.1) is 5.10 Å². The Morgan fingerprint density at radius 3 is 2.76 bits per heavy atom. The molecule has 1 N–H and O–H groups in total. The van der Waals surface area contributed by atoms with Crippen molar-refractivity contribution >= 4 is 5.91 Å². The van der Waals surface area contributed by atoms with E-state index in [0.29, 0.717) is 18.9 Å². The van der Waals surface area contributed by atoms with Crippen LogP contribution in [0.1, 0.15) is 11.4 Å². The van der Waals surface area contributed by atoms with E-state index in [9.17, 15) is 4.79 Å². The lowest BCUT2D eigenvalue weighted by molar-refractivity contribution is -0.120. The summed E-state index contributed by atoms with van der Waals surface area (Å²) in [7, 11) is 0. The van der Waals surface area contributed by atoms with Gasteiger partial charge in [0.1, 0.15) is 0 Å². The molecule has 2 heterocycles. The lowest BCUT2D eigenvalue weighted by Crippen LogP contribution is -2.41. The van der Waals surface area contributed by atoms with Crippen LogP contribution in [0, 0.1) is 0 Å². The van der Waals surface area contributed by atoms with E-state index in [4.69, 9.17) is 4.74 Å². The minimum absolute atomic E-state index is 0.0518. The number of nitrogens with zero attached hydrogens (tertiary/aromatic N) is 5. The lowest BCUT2D eigenvalue weighted by atomic mass is 10.1. The largest absolute Gasteiger partial charge is 0.379 e. The molecule has 134 valence electrons. The van der Waals surface area contributed by atoms with Crippen LogP contribution in [0.2, 0.25) is 0 Å². The van der Waals surface area contributed by atoms with Crippen molar-refractivity contribution in [3.63, 3.8) is 0 Å². The second-order valence-electron chi connectivity index (χ2n) is 6.03. The zero-order chi connectivity index (χ0) is 17.3. The Morgan fingerprint density at radius 2 is 1.96 bits per heavy atom. The average Bonchev–Trinajstić information content (AvgIpc) is 3.09. The van der Waals surface area contributed by atoms with Gasteiger partial charge in [-0.25, -0.2) is 4.68 Å². The van der Waals surface area contributed by atoms with Crippen molar-refractivity contribution in [1.29, 1.82) is 0 Å². The molecule has 1 aromatic carbocycles. The molecule has 8 heteroatoms. The van der Waals surface area contributed by atoms with E-state index in [1.807, 2.05) is 18.2 Å². The maximum atomic E-state index is 12.1. The van der Waals surface area contributed by atoms with Crippen molar-refractivity contribution in [2.45, 2.75) is 19.4 Å². The number of ether oxygens (including phenoxy) is 1. The van der Waals surface area contributed by atoms with Gasteiger partial charge in [-0.2, -0.15) is 0 Å². The van der Waals surface area contributed by atoms with Gasteiger partial charge in [0.25, 0.3) is 0 Å².